The monoisotopic (exact) mass is 525 g/mol. The number of nitrogens with zero attached hydrogens (tertiary/aromatic N) is 5. The summed E-state index contributed by atoms with van der Waals surface area (Å²) in [6.45, 7) is 3.38. The van der Waals surface area contributed by atoms with Gasteiger partial charge in [-0.15, -0.1) is 0 Å². The maximum absolute atomic E-state index is 12.8. The van der Waals surface area contributed by atoms with Crippen molar-refractivity contribution in [3.8, 4) is 22.8 Å². The molecule has 2 aliphatic heterocycles. The van der Waals surface area contributed by atoms with Crippen molar-refractivity contribution in [2.45, 2.75) is 24.9 Å². The van der Waals surface area contributed by atoms with Crippen LogP contribution in [-0.2, 0) is 9.53 Å². The molecule has 4 aromatic rings. The Morgan fingerprint density at radius 2 is 1.92 bits per heavy atom. The number of benzene rings is 2. The number of nitrogens with one attached hydrogen (secondary N) is 1. The molecule has 0 unspecified atom stereocenters. The predicted molar refractivity (Wildman–Crippen MR) is 148 cm³/mol. The summed E-state index contributed by atoms with van der Waals surface area (Å²) in [5, 5.41) is 9.04. The fourth-order valence-corrected chi connectivity index (χ4v) is 5.09. The first-order chi connectivity index (χ1) is 19.2. The predicted octanol–water partition coefficient (Wildman–Crippen LogP) is 3.58. The summed E-state index contributed by atoms with van der Waals surface area (Å²) in [6.07, 6.45) is 6.78. The molecule has 10 heteroatoms. The molecule has 0 bridgehead atoms. The molecule has 200 valence electrons. The van der Waals surface area contributed by atoms with Gasteiger partial charge in [-0.25, -0.2) is 14.6 Å². The number of aromatic nitrogens is 4. The topological polar surface area (TPSA) is 120 Å². The van der Waals surface area contributed by atoms with Crippen LogP contribution in [0.3, 0.4) is 0 Å². The molecule has 2 aliphatic rings. The van der Waals surface area contributed by atoms with Crippen LogP contribution in [0.2, 0.25) is 0 Å². The zero-order chi connectivity index (χ0) is 26.6. The lowest BCUT2D eigenvalue weighted by Gasteiger charge is -2.15. The van der Waals surface area contributed by atoms with Gasteiger partial charge in [-0.3, -0.25) is 4.79 Å². The summed E-state index contributed by atoms with van der Waals surface area (Å²) in [6, 6.07) is 17.7. The summed E-state index contributed by atoms with van der Waals surface area (Å²) < 4.78 is 13.2. The minimum Gasteiger partial charge on any atom is -0.457 e. The van der Waals surface area contributed by atoms with Crippen molar-refractivity contribution >= 4 is 22.8 Å². The molecule has 10 nitrogen and oxygen atoms in total. The lowest BCUT2D eigenvalue weighted by Crippen LogP contribution is -2.30. The van der Waals surface area contributed by atoms with E-state index in [0.29, 0.717) is 48.2 Å². The fraction of sp³-hybridized carbons (Fsp3) is 0.310. The van der Waals surface area contributed by atoms with Gasteiger partial charge in [0, 0.05) is 43.9 Å². The number of carbonyl (C=O) groups is 1. The molecule has 0 radical (unpaired) electrons. The molecule has 39 heavy (non-hydrogen) atoms. The zero-order valence-corrected chi connectivity index (χ0v) is 21.6. The van der Waals surface area contributed by atoms with Gasteiger partial charge in [-0.05, 0) is 49.2 Å². The molecule has 3 N–H and O–H groups in total. The molecule has 6 rings (SSSR count). The van der Waals surface area contributed by atoms with Crippen molar-refractivity contribution in [2.24, 2.45) is 0 Å². The highest BCUT2D eigenvalue weighted by Gasteiger charge is 2.30. The van der Waals surface area contributed by atoms with E-state index in [1.54, 1.807) is 6.08 Å². The average molecular weight is 526 g/mol. The number of anilines is 1. The smallest absolute Gasteiger partial charge is 0.246 e. The summed E-state index contributed by atoms with van der Waals surface area (Å²) in [4.78, 5) is 23.4. The number of likely N-dealkylation sites (tertiary alicyclic amines) is 1. The largest absolute Gasteiger partial charge is 0.457 e. The first-order valence-corrected chi connectivity index (χ1v) is 13.2. The van der Waals surface area contributed by atoms with Crippen LogP contribution >= 0.6 is 0 Å². The van der Waals surface area contributed by atoms with Gasteiger partial charge < -0.3 is 25.4 Å². The first kappa shape index (κ1) is 25.0. The van der Waals surface area contributed by atoms with Gasteiger partial charge in [0.25, 0.3) is 0 Å². The number of nitrogen functional groups attached to an aromatic ring is 1. The first-order valence-electron chi connectivity index (χ1n) is 13.2. The SMILES string of the molecule is Nc1ncnc2c1c(-c1ccc(Oc3ccccc3)cc1)nn2[C@@H]1CCN(C(=O)C=CCN[C@H]2CCOC2)C1. The number of carbonyl (C=O) groups excluding carboxylic acids is 1. The number of hydrogen-bond donors (Lipinski definition) is 2. The van der Waals surface area contributed by atoms with Crippen LogP contribution in [0.4, 0.5) is 5.82 Å². The van der Waals surface area contributed by atoms with Gasteiger partial charge in [0.15, 0.2) is 5.65 Å². The Kier molecular flexibility index (Phi) is 7.20. The van der Waals surface area contributed by atoms with E-state index in [1.807, 2.05) is 70.3 Å². The fourth-order valence-electron chi connectivity index (χ4n) is 5.09. The minimum atomic E-state index is -0.0117. The third kappa shape index (κ3) is 5.47. The lowest BCUT2D eigenvalue weighted by molar-refractivity contribution is -0.125. The normalized spacial score (nSPS) is 19.3. The molecular formula is C29H31N7O3. The van der Waals surface area contributed by atoms with E-state index in [2.05, 4.69) is 15.3 Å². The van der Waals surface area contributed by atoms with Gasteiger partial charge in [0.1, 0.15) is 29.3 Å². The molecule has 0 saturated carbocycles. The van der Waals surface area contributed by atoms with Crippen LogP contribution in [-0.4, -0.2) is 69.4 Å². The van der Waals surface area contributed by atoms with E-state index in [4.69, 9.17) is 20.3 Å². The third-order valence-electron chi connectivity index (χ3n) is 7.16. The zero-order valence-electron chi connectivity index (χ0n) is 21.6. The quantitative estimate of drug-likeness (QED) is 0.335. The highest BCUT2D eigenvalue weighted by Crippen LogP contribution is 2.35. The molecule has 0 aliphatic carbocycles. The van der Waals surface area contributed by atoms with Crippen LogP contribution in [0.5, 0.6) is 11.5 Å². The van der Waals surface area contributed by atoms with Crippen LogP contribution < -0.4 is 15.8 Å². The number of para-hydroxylation sites is 1. The third-order valence-corrected chi connectivity index (χ3v) is 7.16. The maximum atomic E-state index is 12.8. The molecule has 2 atom stereocenters. The van der Waals surface area contributed by atoms with Gasteiger partial charge in [0.05, 0.1) is 18.0 Å². The summed E-state index contributed by atoms with van der Waals surface area (Å²) in [5.74, 6) is 1.87. The second-order valence-electron chi connectivity index (χ2n) is 9.79. The molecule has 1 amide bonds. The second kappa shape index (κ2) is 11.2. The Morgan fingerprint density at radius 3 is 2.72 bits per heavy atom. The van der Waals surface area contributed by atoms with E-state index >= 15 is 0 Å². The van der Waals surface area contributed by atoms with E-state index in [-0.39, 0.29) is 11.9 Å². The number of rotatable bonds is 8. The number of nitrogens with two attached hydrogens (primary N) is 1. The van der Waals surface area contributed by atoms with Crippen LogP contribution in [0, 0.1) is 0 Å². The van der Waals surface area contributed by atoms with Crippen molar-refractivity contribution in [2.75, 3.05) is 38.6 Å². The van der Waals surface area contributed by atoms with Gasteiger partial charge in [-0.1, -0.05) is 24.3 Å². The molecular weight excluding hydrogens is 494 g/mol. The van der Waals surface area contributed by atoms with E-state index in [0.717, 1.165) is 43.1 Å². The van der Waals surface area contributed by atoms with Gasteiger partial charge >= 0.3 is 0 Å². The number of fused-ring (bicyclic) bond motifs is 1. The number of ether oxygens (including phenoxy) is 2. The molecule has 2 saturated heterocycles. The Balaban J connectivity index is 1.18. The minimum absolute atomic E-state index is 0.00167. The van der Waals surface area contributed by atoms with E-state index in [1.165, 1.54) is 6.33 Å². The van der Waals surface area contributed by atoms with Crippen molar-refractivity contribution in [1.29, 1.82) is 0 Å². The number of amides is 1. The molecule has 2 aromatic heterocycles. The lowest BCUT2D eigenvalue weighted by atomic mass is 10.1. The van der Waals surface area contributed by atoms with E-state index in [9.17, 15) is 4.79 Å². The van der Waals surface area contributed by atoms with Crippen LogP contribution in [0.15, 0.2) is 73.1 Å². The molecule has 0 spiro atoms. The second-order valence-corrected chi connectivity index (χ2v) is 9.79. The summed E-state index contributed by atoms with van der Waals surface area (Å²) in [5.41, 5.74) is 8.57. The highest BCUT2D eigenvalue weighted by atomic mass is 16.5. The molecule has 2 aromatic carbocycles. The Morgan fingerprint density at radius 1 is 1.10 bits per heavy atom. The molecule has 4 heterocycles. The highest BCUT2D eigenvalue weighted by molar-refractivity contribution is 5.98. The van der Waals surface area contributed by atoms with Crippen molar-refractivity contribution < 1.29 is 14.3 Å². The Hall–Kier alpha value is -4.28. The Bertz CT molecular complexity index is 1460. The van der Waals surface area contributed by atoms with Crippen LogP contribution in [0.1, 0.15) is 18.9 Å². The van der Waals surface area contributed by atoms with Crippen molar-refractivity contribution in [3.63, 3.8) is 0 Å². The number of hydrogen-bond acceptors (Lipinski definition) is 8. The van der Waals surface area contributed by atoms with Crippen molar-refractivity contribution in [1.82, 2.24) is 30.0 Å². The standard InChI is InChI=1S/C29H31N7O3/c30-28-26-27(20-8-10-24(11-9-20)39-23-5-2-1-3-6-23)34-36(29(26)33-19-32-28)22-12-15-35(17-22)25(37)7-4-14-31-21-13-16-38-18-21/h1-11,19,21-22,31H,12-18H2,(H2,30,32,33)/t21-,22+/m0/s1. The maximum Gasteiger partial charge on any atom is 0.246 e. The van der Waals surface area contributed by atoms with E-state index < -0.39 is 0 Å². The average Bonchev–Trinajstić information content (AvgIpc) is 3.73. The summed E-state index contributed by atoms with van der Waals surface area (Å²) >= 11 is 0. The van der Waals surface area contributed by atoms with Gasteiger partial charge in [0.2, 0.25) is 5.91 Å². The van der Waals surface area contributed by atoms with Crippen LogP contribution in [0.25, 0.3) is 22.3 Å². The van der Waals surface area contributed by atoms with Crippen molar-refractivity contribution in [3.05, 3.63) is 73.1 Å². The van der Waals surface area contributed by atoms with Gasteiger partial charge in [-0.2, -0.15) is 5.10 Å². The summed E-state index contributed by atoms with van der Waals surface area (Å²) in [7, 11) is 0. The molecule has 2 fully saturated rings. The Labute approximate surface area is 226 Å².